The minimum atomic E-state index is -0.192. The first kappa shape index (κ1) is 29.2. The summed E-state index contributed by atoms with van der Waals surface area (Å²) < 4.78 is 10.2. The zero-order valence-electron chi connectivity index (χ0n) is 23.2. The highest BCUT2D eigenvalue weighted by Crippen LogP contribution is 2.20. The van der Waals surface area contributed by atoms with Crippen molar-refractivity contribution in [3.05, 3.63) is 119 Å². The van der Waals surface area contributed by atoms with Gasteiger partial charge in [0.2, 0.25) is 0 Å². The van der Waals surface area contributed by atoms with Gasteiger partial charge in [-0.2, -0.15) is 0 Å². The van der Waals surface area contributed by atoms with Crippen molar-refractivity contribution in [1.29, 1.82) is 0 Å². The number of nitrogens with one attached hydrogen (secondary N) is 1. The molecule has 5 rings (SSSR count). The molecule has 1 aliphatic rings. The molecule has 0 saturated heterocycles. The highest BCUT2D eigenvalue weighted by molar-refractivity contribution is 5.96. The Morgan fingerprint density at radius 2 is 1.54 bits per heavy atom. The van der Waals surface area contributed by atoms with E-state index >= 15 is 0 Å². The molecule has 0 radical (unpaired) electrons. The summed E-state index contributed by atoms with van der Waals surface area (Å²) in [5.41, 5.74) is 5.20. The third kappa shape index (κ3) is 7.89. The maximum Gasteiger partial charge on any atom is 0.256 e. The smallest absolute Gasteiger partial charge is 0.256 e. The molecule has 2 aromatic carbocycles. The minimum Gasteiger partial charge on any atom is -0.497 e. The summed E-state index contributed by atoms with van der Waals surface area (Å²) >= 11 is 0. The molecule has 2 amide bonds. The number of methoxy groups -OCH3 is 2. The Labute approximate surface area is 239 Å². The fraction of sp³-hybridized carbons (Fsp3) is 0.250. The first-order chi connectivity index (χ1) is 20.0. The van der Waals surface area contributed by atoms with Gasteiger partial charge in [0, 0.05) is 51.0 Å². The van der Waals surface area contributed by atoms with Gasteiger partial charge in [-0.25, -0.2) is 0 Å². The Kier molecular flexibility index (Phi) is 10.4. The van der Waals surface area contributed by atoms with Crippen molar-refractivity contribution in [1.82, 2.24) is 20.2 Å². The third-order valence-electron chi connectivity index (χ3n) is 6.76. The molecule has 1 aliphatic heterocycles. The Morgan fingerprint density at radius 3 is 2.20 bits per heavy atom. The maximum absolute atomic E-state index is 12.4. The number of fused-ring (bicyclic) bond motifs is 1. The van der Waals surface area contributed by atoms with E-state index in [1.54, 1.807) is 38.9 Å². The Balaban J connectivity index is 0.000000189. The number of hydrogen-bond acceptors (Lipinski definition) is 7. The summed E-state index contributed by atoms with van der Waals surface area (Å²) in [5, 5.41) is 11.9. The molecule has 9 heteroatoms. The van der Waals surface area contributed by atoms with Crippen LogP contribution in [0.5, 0.6) is 11.5 Å². The highest BCUT2D eigenvalue weighted by Gasteiger charge is 2.24. The van der Waals surface area contributed by atoms with Crippen LogP contribution in [-0.4, -0.2) is 59.2 Å². The molecule has 0 unspecified atom stereocenters. The van der Waals surface area contributed by atoms with Gasteiger partial charge in [0.1, 0.15) is 11.5 Å². The van der Waals surface area contributed by atoms with E-state index < -0.39 is 0 Å². The van der Waals surface area contributed by atoms with Crippen LogP contribution in [0.2, 0.25) is 0 Å². The third-order valence-corrected chi connectivity index (χ3v) is 6.76. The van der Waals surface area contributed by atoms with E-state index in [1.807, 2.05) is 59.5 Å². The molecule has 0 fully saturated rings. The number of hydrogen-bond donors (Lipinski definition) is 2. The molecule has 9 nitrogen and oxygen atoms in total. The van der Waals surface area contributed by atoms with Crippen LogP contribution in [0.1, 0.15) is 43.0 Å². The number of amides is 2. The van der Waals surface area contributed by atoms with Gasteiger partial charge >= 0.3 is 0 Å². The van der Waals surface area contributed by atoms with Crippen molar-refractivity contribution in [3.63, 3.8) is 0 Å². The molecule has 4 aromatic rings. The lowest BCUT2D eigenvalue weighted by atomic mass is 10.0. The molecule has 2 aromatic heterocycles. The van der Waals surface area contributed by atoms with Crippen LogP contribution in [0, 0.1) is 0 Å². The van der Waals surface area contributed by atoms with Gasteiger partial charge in [0.15, 0.2) is 0 Å². The zero-order valence-corrected chi connectivity index (χ0v) is 23.2. The summed E-state index contributed by atoms with van der Waals surface area (Å²) in [6.07, 6.45) is 7.87. The van der Waals surface area contributed by atoms with Crippen LogP contribution in [0.4, 0.5) is 0 Å². The highest BCUT2D eigenvalue weighted by atomic mass is 16.5. The van der Waals surface area contributed by atoms with Crippen LogP contribution in [0.25, 0.3) is 0 Å². The molecule has 41 heavy (non-hydrogen) atoms. The Bertz CT molecular complexity index is 1440. The number of aliphatic hydroxyl groups excluding tert-OH is 1. The lowest BCUT2D eigenvalue weighted by molar-refractivity contribution is 0.0726. The summed E-state index contributed by atoms with van der Waals surface area (Å²) in [5.74, 6) is 1.48. The van der Waals surface area contributed by atoms with Crippen molar-refractivity contribution < 1.29 is 24.2 Å². The Hall–Kier alpha value is -4.76. The molecular formula is C32H34N4O5. The predicted octanol–water partition coefficient (Wildman–Crippen LogP) is 3.84. The van der Waals surface area contributed by atoms with Gasteiger partial charge in [0.05, 0.1) is 25.3 Å². The van der Waals surface area contributed by atoms with Gasteiger partial charge in [-0.05, 0) is 71.5 Å². The second-order valence-electron chi connectivity index (χ2n) is 9.39. The summed E-state index contributed by atoms with van der Waals surface area (Å²) in [6, 6.07) is 19.0. The standard InChI is InChI=1S/C16H18N2O3.C16H16N2O2/c1-21-14-4-2-12(3-5-14)10-18-16(20)15-11-17-8-6-13(15)7-9-19;1-20-14-4-2-12(3-5-14)11-18-9-7-13-6-8-17-10-15(13)16(18)19/h2-6,8,11,19H,7,9-10H2,1H3,(H,18,20);2-6,8,10H,7,9,11H2,1H3. The molecule has 212 valence electrons. The first-order valence-corrected chi connectivity index (χ1v) is 13.3. The predicted molar refractivity (Wildman–Crippen MR) is 155 cm³/mol. The lowest BCUT2D eigenvalue weighted by Crippen LogP contribution is -2.37. The summed E-state index contributed by atoms with van der Waals surface area (Å²) in [4.78, 5) is 34.5. The topological polar surface area (TPSA) is 114 Å². The minimum absolute atomic E-state index is 0.00275. The zero-order chi connectivity index (χ0) is 29.0. The maximum atomic E-state index is 12.4. The van der Waals surface area contributed by atoms with E-state index in [0.717, 1.165) is 52.3 Å². The normalized spacial score (nSPS) is 12.1. The number of pyridine rings is 2. The van der Waals surface area contributed by atoms with Crippen LogP contribution in [-0.2, 0) is 25.9 Å². The number of aromatic nitrogens is 2. The first-order valence-electron chi connectivity index (χ1n) is 13.3. The molecule has 0 atom stereocenters. The number of carbonyl (C=O) groups is 2. The number of carbonyl (C=O) groups excluding carboxylic acids is 2. The van der Waals surface area contributed by atoms with Gasteiger partial charge in [0.25, 0.3) is 11.8 Å². The van der Waals surface area contributed by atoms with Crippen molar-refractivity contribution >= 4 is 11.8 Å². The molecule has 0 saturated carbocycles. The van der Waals surface area contributed by atoms with Crippen LogP contribution in [0.15, 0.2) is 85.5 Å². The van der Waals surface area contributed by atoms with Gasteiger partial charge < -0.3 is 24.8 Å². The van der Waals surface area contributed by atoms with E-state index in [2.05, 4.69) is 15.3 Å². The van der Waals surface area contributed by atoms with E-state index in [4.69, 9.17) is 14.6 Å². The second-order valence-corrected chi connectivity index (χ2v) is 9.39. The van der Waals surface area contributed by atoms with Crippen LogP contribution >= 0.6 is 0 Å². The van der Waals surface area contributed by atoms with E-state index in [0.29, 0.717) is 25.1 Å². The van der Waals surface area contributed by atoms with Gasteiger partial charge in [-0.15, -0.1) is 0 Å². The molecule has 2 N–H and O–H groups in total. The van der Waals surface area contributed by atoms with Crippen molar-refractivity contribution in [2.45, 2.75) is 25.9 Å². The number of nitrogens with zero attached hydrogens (tertiary/aromatic N) is 3. The number of aliphatic hydroxyl groups is 1. The summed E-state index contributed by atoms with van der Waals surface area (Å²) in [6.45, 7) is 1.80. The van der Waals surface area contributed by atoms with E-state index in [1.165, 1.54) is 6.20 Å². The van der Waals surface area contributed by atoms with Crippen molar-refractivity contribution in [2.24, 2.45) is 0 Å². The van der Waals surface area contributed by atoms with Gasteiger partial charge in [-0.1, -0.05) is 24.3 Å². The monoisotopic (exact) mass is 554 g/mol. The summed E-state index contributed by atoms with van der Waals surface area (Å²) in [7, 11) is 3.26. The fourth-order valence-electron chi connectivity index (χ4n) is 4.45. The van der Waals surface area contributed by atoms with Crippen LogP contribution in [0.3, 0.4) is 0 Å². The van der Waals surface area contributed by atoms with Crippen molar-refractivity contribution in [3.8, 4) is 11.5 Å². The average Bonchev–Trinajstić information content (AvgIpc) is 3.03. The number of ether oxygens (including phenoxy) is 2. The molecule has 0 aliphatic carbocycles. The second kappa shape index (κ2) is 14.6. The largest absolute Gasteiger partial charge is 0.497 e. The molecule has 0 bridgehead atoms. The van der Waals surface area contributed by atoms with Crippen molar-refractivity contribution in [2.75, 3.05) is 27.4 Å². The van der Waals surface area contributed by atoms with Crippen LogP contribution < -0.4 is 14.8 Å². The quantitative estimate of drug-likeness (QED) is 0.323. The number of benzene rings is 2. The molecule has 3 heterocycles. The molecular weight excluding hydrogens is 520 g/mol. The molecule has 0 spiro atoms. The average molecular weight is 555 g/mol. The fourth-order valence-corrected chi connectivity index (χ4v) is 4.45. The van der Waals surface area contributed by atoms with E-state index in [9.17, 15) is 9.59 Å². The van der Waals surface area contributed by atoms with Gasteiger partial charge in [-0.3, -0.25) is 19.6 Å². The Morgan fingerprint density at radius 1 is 0.902 bits per heavy atom. The number of rotatable bonds is 9. The van der Waals surface area contributed by atoms with E-state index in [-0.39, 0.29) is 18.4 Å². The SMILES string of the molecule is COc1ccc(CN2CCc3ccncc3C2=O)cc1.COc1ccc(CNC(=O)c2cnccc2CCO)cc1. The lowest BCUT2D eigenvalue weighted by Gasteiger charge is -2.28.